The van der Waals surface area contributed by atoms with Crippen LogP contribution in [-0.2, 0) is 0 Å². The number of nitrogens with zero attached hydrogens (tertiary/aromatic N) is 5. The van der Waals surface area contributed by atoms with Crippen molar-refractivity contribution in [1.82, 2.24) is 24.1 Å². The lowest BCUT2D eigenvalue weighted by Gasteiger charge is -2.11. The fourth-order valence-electron chi connectivity index (χ4n) is 8.95. The number of pyridine rings is 1. The van der Waals surface area contributed by atoms with Crippen molar-refractivity contribution in [2.24, 2.45) is 0 Å². The Morgan fingerprint density at radius 2 is 1.08 bits per heavy atom. The molecule has 0 amide bonds. The van der Waals surface area contributed by atoms with Gasteiger partial charge in [-0.15, -0.1) is 0 Å². The molecule has 0 saturated heterocycles. The number of para-hydroxylation sites is 3. The molecule has 0 spiro atoms. The zero-order chi connectivity index (χ0) is 39.6. The highest BCUT2D eigenvalue weighted by molar-refractivity contribution is 6.19. The quantitative estimate of drug-likeness (QED) is 0.169. The van der Waals surface area contributed by atoms with Crippen LogP contribution in [0, 0.1) is 0 Å². The molecule has 0 unspecified atom stereocenters. The van der Waals surface area contributed by atoms with Crippen LogP contribution < -0.4 is 0 Å². The normalized spacial score (nSPS) is 11.7. The minimum absolute atomic E-state index is 0.647. The van der Waals surface area contributed by atoms with Gasteiger partial charge in [0.1, 0.15) is 0 Å². The standard InChI is InChI=1S/C55H35N5/c1-3-14-41(15-4-1)59-33-32-47-51(59)31-28-45-48-34-39(27-30-52(48)60(54(45)47)42-16-5-2-6-17-42)49-29-26-40(35-56-49)55-57-50-21-10-9-19-46(50)53(58-55)38-24-22-37(23-25-38)44-20-11-13-36-12-7-8-18-43(36)44/h1-35H. The summed E-state index contributed by atoms with van der Waals surface area (Å²) in [7, 11) is 0. The van der Waals surface area contributed by atoms with Gasteiger partial charge in [0, 0.05) is 62.0 Å². The summed E-state index contributed by atoms with van der Waals surface area (Å²) >= 11 is 0. The molecule has 4 aromatic heterocycles. The van der Waals surface area contributed by atoms with E-state index in [-0.39, 0.29) is 0 Å². The van der Waals surface area contributed by atoms with Crippen LogP contribution in [0.2, 0.25) is 0 Å². The molecule has 280 valence electrons. The van der Waals surface area contributed by atoms with Crippen molar-refractivity contribution in [3.63, 3.8) is 0 Å². The van der Waals surface area contributed by atoms with Gasteiger partial charge in [-0.25, -0.2) is 9.97 Å². The molecule has 0 bridgehead atoms. The van der Waals surface area contributed by atoms with Crippen LogP contribution in [0.25, 0.3) is 111 Å². The number of fused-ring (bicyclic) bond motifs is 7. The number of aromatic nitrogens is 5. The number of hydrogen-bond donors (Lipinski definition) is 0. The second-order valence-corrected chi connectivity index (χ2v) is 15.3. The van der Waals surface area contributed by atoms with Gasteiger partial charge < -0.3 is 9.13 Å². The zero-order valence-corrected chi connectivity index (χ0v) is 32.4. The van der Waals surface area contributed by atoms with Crippen LogP contribution in [0.3, 0.4) is 0 Å². The van der Waals surface area contributed by atoms with E-state index < -0.39 is 0 Å². The first-order chi connectivity index (χ1) is 29.7. The highest BCUT2D eigenvalue weighted by Crippen LogP contribution is 2.40. The van der Waals surface area contributed by atoms with E-state index in [1.54, 1.807) is 0 Å². The maximum absolute atomic E-state index is 5.19. The fourth-order valence-corrected chi connectivity index (χ4v) is 8.95. The largest absolute Gasteiger partial charge is 0.316 e. The van der Waals surface area contributed by atoms with Crippen molar-refractivity contribution in [2.75, 3.05) is 0 Å². The second-order valence-electron chi connectivity index (χ2n) is 15.3. The predicted octanol–water partition coefficient (Wildman–Crippen LogP) is 13.9. The number of benzene rings is 8. The van der Waals surface area contributed by atoms with E-state index in [4.69, 9.17) is 15.0 Å². The summed E-state index contributed by atoms with van der Waals surface area (Å²) in [6.07, 6.45) is 4.08. The molecular formula is C55H35N5. The van der Waals surface area contributed by atoms with Gasteiger partial charge in [-0.2, -0.15) is 0 Å². The molecule has 0 N–H and O–H groups in total. The maximum Gasteiger partial charge on any atom is 0.161 e. The van der Waals surface area contributed by atoms with Crippen molar-refractivity contribution >= 4 is 54.4 Å². The summed E-state index contributed by atoms with van der Waals surface area (Å²) in [5, 5.41) is 7.08. The van der Waals surface area contributed by atoms with Gasteiger partial charge in [-0.3, -0.25) is 4.98 Å². The summed E-state index contributed by atoms with van der Waals surface area (Å²) in [5.41, 5.74) is 13.8. The monoisotopic (exact) mass is 765 g/mol. The van der Waals surface area contributed by atoms with Crippen LogP contribution in [0.5, 0.6) is 0 Å². The first-order valence-corrected chi connectivity index (χ1v) is 20.3. The summed E-state index contributed by atoms with van der Waals surface area (Å²) in [5.74, 6) is 0.647. The average Bonchev–Trinajstić information content (AvgIpc) is 3.91. The van der Waals surface area contributed by atoms with Crippen LogP contribution in [0.1, 0.15) is 0 Å². The molecule has 12 rings (SSSR count). The van der Waals surface area contributed by atoms with Gasteiger partial charge in [0.15, 0.2) is 5.82 Å². The van der Waals surface area contributed by atoms with E-state index in [1.807, 2.05) is 18.3 Å². The lowest BCUT2D eigenvalue weighted by molar-refractivity contribution is 1.13. The molecule has 12 aromatic rings. The van der Waals surface area contributed by atoms with Crippen LogP contribution in [0.4, 0.5) is 0 Å². The van der Waals surface area contributed by atoms with Crippen molar-refractivity contribution in [3.05, 3.63) is 213 Å². The third-order valence-electron chi connectivity index (χ3n) is 11.8. The second kappa shape index (κ2) is 13.8. The summed E-state index contributed by atoms with van der Waals surface area (Å²) in [4.78, 5) is 15.2. The van der Waals surface area contributed by atoms with Crippen molar-refractivity contribution in [2.45, 2.75) is 0 Å². The van der Waals surface area contributed by atoms with Gasteiger partial charge >= 0.3 is 0 Å². The molecule has 0 atom stereocenters. The molecule has 0 aliphatic carbocycles. The third-order valence-corrected chi connectivity index (χ3v) is 11.8. The molecule has 8 aromatic carbocycles. The summed E-state index contributed by atoms with van der Waals surface area (Å²) in [6.45, 7) is 0. The first-order valence-electron chi connectivity index (χ1n) is 20.3. The predicted molar refractivity (Wildman–Crippen MR) is 248 cm³/mol. The Morgan fingerprint density at radius 1 is 0.400 bits per heavy atom. The van der Waals surface area contributed by atoms with Crippen molar-refractivity contribution < 1.29 is 0 Å². The van der Waals surface area contributed by atoms with E-state index in [2.05, 4.69) is 203 Å². The lowest BCUT2D eigenvalue weighted by atomic mass is 9.96. The van der Waals surface area contributed by atoms with E-state index >= 15 is 0 Å². The molecule has 0 saturated carbocycles. The summed E-state index contributed by atoms with van der Waals surface area (Å²) in [6, 6.07) is 70.8. The summed E-state index contributed by atoms with van der Waals surface area (Å²) < 4.78 is 4.67. The van der Waals surface area contributed by atoms with Gasteiger partial charge in [0.2, 0.25) is 0 Å². The smallest absolute Gasteiger partial charge is 0.161 e. The zero-order valence-electron chi connectivity index (χ0n) is 32.4. The van der Waals surface area contributed by atoms with Crippen LogP contribution in [-0.4, -0.2) is 24.1 Å². The molecule has 0 aliphatic rings. The SMILES string of the molecule is c1ccc(-n2ccc3c2ccc2c4cc(-c5ccc(-c6nc(-c7ccc(-c8cccc9ccccc89)cc7)c7ccccc7n6)cn5)ccc4n(-c4ccccc4)c23)cc1. The van der Waals surface area contributed by atoms with Crippen LogP contribution in [0.15, 0.2) is 213 Å². The molecular weight excluding hydrogens is 731 g/mol. The van der Waals surface area contributed by atoms with Crippen molar-refractivity contribution in [3.8, 4) is 56.4 Å². The molecule has 5 heteroatoms. The van der Waals surface area contributed by atoms with Crippen molar-refractivity contribution in [1.29, 1.82) is 0 Å². The van der Waals surface area contributed by atoms with E-state index in [9.17, 15) is 0 Å². The van der Waals surface area contributed by atoms with E-state index in [0.29, 0.717) is 5.82 Å². The van der Waals surface area contributed by atoms with E-state index in [0.717, 1.165) is 55.9 Å². The number of hydrogen-bond acceptors (Lipinski definition) is 3. The Morgan fingerprint density at radius 3 is 1.90 bits per heavy atom. The minimum Gasteiger partial charge on any atom is -0.316 e. The highest BCUT2D eigenvalue weighted by atomic mass is 15.0. The van der Waals surface area contributed by atoms with Gasteiger partial charge in [0.05, 0.1) is 33.5 Å². The topological polar surface area (TPSA) is 48.5 Å². The fraction of sp³-hybridized carbons (Fsp3) is 0. The Bertz CT molecular complexity index is 3560. The highest BCUT2D eigenvalue weighted by Gasteiger charge is 2.19. The minimum atomic E-state index is 0.647. The Balaban J connectivity index is 0.931. The lowest BCUT2D eigenvalue weighted by Crippen LogP contribution is -1.96. The molecule has 4 heterocycles. The van der Waals surface area contributed by atoms with E-state index in [1.165, 1.54) is 49.1 Å². The van der Waals surface area contributed by atoms with Gasteiger partial charge in [0.25, 0.3) is 0 Å². The molecule has 0 radical (unpaired) electrons. The molecule has 5 nitrogen and oxygen atoms in total. The van der Waals surface area contributed by atoms with Gasteiger partial charge in [-0.1, -0.05) is 133 Å². The number of rotatable bonds is 6. The van der Waals surface area contributed by atoms with Gasteiger partial charge in [-0.05, 0) is 88.6 Å². The molecule has 60 heavy (non-hydrogen) atoms. The maximum atomic E-state index is 5.19. The Hall–Kier alpha value is -8.15. The Kier molecular flexibility index (Phi) is 7.78. The van der Waals surface area contributed by atoms with Crippen LogP contribution >= 0.6 is 0 Å². The average molecular weight is 766 g/mol. The Labute approximate surface area is 346 Å². The molecule has 0 aliphatic heterocycles. The third kappa shape index (κ3) is 5.52. The first kappa shape index (κ1) is 33.9. The molecule has 0 fully saturated rings.